The number of likely N-dealkylation sites (N-methyl/N-ethyl adjacent to an activating group) is 2. The first-order valence-electron chi connectivity index (χ1n) is 7.83. The molecule has 0 saturated carbocycles. The Morgan fingerprint density at radius 2 is 2.05 bits per heavy atom. The van der Waals surface area contributed by atoms with Crippen molar-refractivity contribution >= 4 is 5.91 Å². The summed E-state index contributed by atoms with van der Waals surface area (Å²) in [5.41, 5.74) is 0.297. The molecule has 1 unspecified atom stereocenters. The molecule has 0 aliphatic carbocycles. The van der Waals surface area contributed by atoms with E-state index in [0.717, 1.165) is 32.7 Å². The number of carbonyl (C=O) groups is 1. The molecule has 1 saturated heterocycles. The van der Waals surface area contributed by atoms with Crippen LogP contribution in [-0.4, -0.2) is 83.3 Å². The molecule has 1 aromatic rings. The summed E-state index contributed by atoms with van der Waals surface area (Å²) < 4.78 is 5.28. The van der Waals surface area contributed by atoms with E-state index in [1.54, 1.807) is 20.0 Å². The van der Waals surface area contributed by atoms with Crippen LogP contribution in [0.2, 0.25) is 0 Å². The Morgan fingerprint density at radius 1 is 1.41 bits per heavy atom. The summed E-state index contributed by atoms with van der Waals surface area (Å²) in [6.07, 6.45) is -0.560. The van der Waals surface area contributed by atoms with E-state index in [4.69, 9.17) is 4.52 Å². The van der Waals surface area contributed by atoms with Crippen LogP contribution in [0.25, 0.3) is 0 Å². The largest absolute Gasteiger partial charge is 0.392 e. The molecule has 0 spiro atoms. The smallest absolute Gasteiger partial charge is 0.275 e. The molecule has 1 fully saturated rings. The lowest BCUT2D eigenvalue weighted by Crippen LogP contribution is -2.45. The molecule has 2 heterocycles. The quantitative estimate of drug-likeness (QED) is 0.813. The van der Waals surface area contributed by atoms with E-state index in [2.05, 4.69) is 21.9 Å². The van der Waals surface area contributed by atoms with Crippen molar-refractivity contribution < 1.29 is 14.4 Å². The second-order valence-corrected chi connectivity index (χ2v) is 5.92. The minimum atomic E-state index is -0.560. The topological polar surface area (TPSA) is 73.0 Å². The lowest BCUT2D eigenvalue weighted by atomic mass is 10.2. The maximum absolute atomic E-state index is 12.1. The number of rotatable bonds is 6. The standard InChI is InChI=1S/C15H26N4O3/c1-4-18-5-7-19(8-6-18)11-13-9-14(16-22-13)15(21)17(3)10-12(2)20/h9,12,20H,4-8,10-11H2,1-3H3. The minimum absolute atomic E-state index is 0.230. The van der Waals surface area contributed by atoms with Gasteiger partial charge in [0.15, 0.2) is 11.5 Å². The molecule has 1 N–H and O–H groups in total. The van der Waals surface area contributed by atoms with Crippen molar-refractivity contribution in [1.29, 1.82) is 0 Å². The van der Waals surface area contributed by atoms with E-state index < -0.39 is 6.10 Å². The maximum atomic E-state index is 12.1. The van der Waals surface area contributed by atoms with Crippen LogP contribution in [0.5, 0.6) is 0 Å². The third-order valence-electron chi connectivity index (χ3n) is 3.95. The SMILES string of the molecule is CCN1CCN(Cc2cc(C(=O)N(C)CC(C)O)no2)CC1. The summed E-state index contributed by atoms with van der Waals surface area (Å²) in [5, 5.41) is 13.2. The molecular weight excluding hydrogens is 284 g/mol. The number of piperazine rings is 1. The average molecular weight is 310 g/mol. The summed E-state index contributed by atoms with van der Waals surface area (Å²) in [7, 11) is 1.65. The molecule has 1 aliphatic heterocycles. The van der Waals surface area contributed by atoms with Crippen molar-refractivity contribution in [3.8, 4) is 0 Å². The Balaban J connectivity index is 1.87. The van der Waals surface area contributed by atoms with Gasteiger partial charge in [-0.3, -0.25) is 9.69 Å². The van der Waals surface area contributed by atoms with E-state index in [1.807, 2.05) is 0 Å². The number of amides is 1. The number of nitrogens with zero attached hydrogens (tertiary/aromatic N) is 4. The first kappa shape index (κ1) is 16.9. The summed E-state index contributed by atoms with van der Waals surface area (Å²) in [5.74, 6) is 0.477. The Morgan fingerprint density at radius 3 is 2.64 bits per heavy atom. The molecule has 0 radical (unpaired) electrons. The van der Waals surface area contributed by atoms with Crippen LogP contribution in [0.15, 0.2) is 10.6 Å². The van der Waals surface area contributed by atoms with Gasteiger partial charge in [-0.15, -0.1) is 0 Å². The van der Waals surface area contributed by atoms with Crippen molar-refractivity contribution in [3.63, 3.8) is 0 Å². The first-order chi connectivity index (χ1) is 10.5. The van der Waals surface area contributed by atoms with Crippen LogP contribution in [-0.2, 0) is 6.54 Å². The number of aliphatic hydroxyl groups excluding tert-OH is 1. The van der Waals surface area contributed by atoms with Gasteiger partial charge < -0.3 is 19.4 Å². The lowest BCUT2D eigenvalue weighted by Gasteiger charge is -2.33. The molecule has 0 aromatic carbocycles. The number of hydrogen-bond acceptors (Lipinski definition) is 6. The predicted octanol–water partition coefficient (Wildman–Crippen LogP) is 0.265. The number of aromatic nitrogens is 1. The molecule has 124 valence electrons. The van der Waals surface area contributed by atoms with Gasteiger partial charge >= 0.3 is 0 Å². The Kier molecular flexibility index (Phi) is 5.93. The number of carbonyl (C=O) groups excluding carboxylic acids is 1. The minimum Gasteiger partial charge on any atom is -0.392 e. The highest BCUT2D eigenvalue weighted by atomic mass is 16.5. The Labute approximate surface area is 131 Å². The predicted molar refractivity (Wildman–Crippen MR) is 82.5 cm³/mol. The fraction of sp³-hybridized carbons (Fsp3) is 0.733. The van der Waals surface area contributed by atoms with Gasteiger partial charge in [-0.1, -0.05) is 12.1 Å². The van der Waals surface area contributed by atoms with Crippen LogP contribution in [0, 0.1) is 0 Å². The van der Waals surface area contributed by atoms with E-state index in [0.29, 0.717) is 18.0 Å². The zero-order chi connectivity index (χ0) is 16.1. The van der Waals surface area contributed by atoms with Gasteiger partial charge in [-0.25, -0.2) is 0 Å². The van der Waals surface area contributed by atoms with Crippen LogP contribution in [0.3, 0.4) is 0 Å². The fourth-order valence-corrected chi connectivity index (χ4v) is 2.65. The summed E-state index contributed by atoms with van der Waals surface area (Å²) in [4.78, 5) is 18.3. The van der Waals surface area contributed by atoms with Gasteiger partial charge in [-0.2, -0.15) is 0 Å². The number of aliphatic hydroxyl groups is 1. The van der Waals surface area contributed by atoms with E-state index in [-0.39, 0.29) is 12.5 Å². The average Bonchev–Trinajstić information content (AvgIpc) is 2.95. The van der Waals surface area contributed by atoms with Crippen molar-refractivity contribution in [3.05, 3.63) is 17.5 Å². The highest BCUT2D eigenvalue weighted by molar-refractivity contribution is 5.92. The third-order valence-corrected chi connectivity index (χ3v) is 3.95. The Hall–Kier alpha value is -1.44. The molecule has 1 atom stereocenters. The van der Waals surface area contributed by atoms with Gasteiger partial charge in [-0.05, 0) is 13.5 Å². The van der Waals surface area contributed by atoms with Crippen molar-refractivity contribution in [2.45, 2.75) is 26.5 Å². The third kappa shape index (κ3) is 4.53. The summed E-state index contributed by atoms with van der Waals surface area (Å²) in [6, 6.07) is 1.70. The maximum Gasteiger partial charge on any atom is 0.275 e. The molecule has 1 aliphatic rings. The molecule has 0 bridgehead atoms. The van der Waals surface area contributed by atoms with E-state index in [1.165, 1.54) is 4.90 Å². The van der Waals surface area contributed by atoms with E-state index in [9.17, 15) is 9.90 Å². The zero-order valence-electron chi connectivity index (χ0n) is 13.7. The molecule has 2 rings (SSSR count). The molecule has 22 heavy (non-hydrogen) atoms. The van der Waals surface area contributed by atoms with Crippen molar-refractivity contribution in [2.75, 3.05) is 46.3 Å². The van der Waals surface area contributed by atoms with Crippen molar-refractivity contribution in [1.82, 2.24) is 19.9 Å². The van der Waals surface area contributed by atoms with Gasteiger partial charge in [0.25, 0.3) is 5.91 Å². The molecule has 1 amide bonds. The summed E-state index contributed by atoms with van der Waals surface area (Å²) >= 11 is 0. The van der Waals surface area contributed by atoms with Crippen LogP contribution >= 0.6 is 0 Å². The van der Waals surface area contributed by atoms with Gasteiger partial charge in [0.05, 0.1) is 12.6 Å². The number of hydrogen-bond donors (Lipinski definition) is 1. The van der Waals surface area contributed by atoms with Gasteiger partial charge in [0, 0.05) is 45.8 Å². The molecule has 7 heteroatoms. The van der Waals surface area contributed by atoms with Crippen LogP contribution in [0.4, 0.5) is 0 Å². The second kappa shape index (κ2) is 7.71. The monoisotopic (exact) mass is 310 g/mol. The normalized spacial score (nSPS) is 18.4. The van der Waals surface area contributed by atoms with Crippen LogP contribution < -0.4 is 0 Å². The highest BCUT2D eigenvalue weighted by Gasteiger charge is 2.21. The first-order valence-corrected chi connectivity index (χ1v) is 7.83. The summed E-state index contributed by atoms with van der Waals surface area (Å²) in [6.45, 7) is 9.99. The lowest BCUT2D eigenvalue weighted by molar-refractivity contribution is 0.0693. The van der Waals surface area contributed by atoms with E-state index >= 15 is 0 Å². The van der Waals surface area contributed by atoms with Gasteiger partial charge in [0.2, 0.25) is 0 Å². The fourth-order valence-electron chi connectivity index (χ4n) is 2.65. The second-order valence-electron chi connectivity index (χ2n) is 5.92. The molecule has 1 aromatic heterocycles. The van der Waals surface area contributed by atoms with Crippen molar-refractivity contribution in [2.24, 2.45) is 0 Å². The Bertz CT molecular complexity index is 481. The van der Waals surface area contributed by atoms with Crippen LogP contribution in [0.1, 0.15) is 30.1 Å². The zero-order valence-corrected chi connectivity index (χ0v) is 13.7. The molecular formula is C15H26N4O3. The van der Waals surface area contributed by atoms with Gasteiger partial charge in [0.1, 0.15) is 0 Å². The highest BCUT2D eigenvalue weighted by Crippen LogP contribution is 2.11. The molecule has 7 nitrogen and oxygen atoms in total.